The number of carbonyl (C=O) groups is 1. The maximum absolute atomic E-state index is 10.0. The second kappa shape index (κ2) is 6.16. The Morgan fingerprint density at radius 2 is 2.00 bits per heavy atom. The summed E-state index contributed by atoms with van der Waals surface area (Å²) in [5, 5.41) is 0. The average molecular weight is 194 g/mol. The Morgan fingerprint density at radius 3 is 2.57 bits per heavy atom. The van der Waals surface area contributed by atoms with Gasteiger partial charge in [0.1, 0.15) is 12.4 Å². The molecule has 0 N–H and O–H groups in total. The van der Waals surface area contributed by atoms with Gasteiger partial charge in [0.25, 0.3) is 0 Å². The zero-order chi connectivity index (χ0) is 10.2. The topological polar surface area (TPSA) is 35.5 Å². The molecule has 0 fully saturated rings. The summed E-state index contributed by atoms with van der Waals surface area (Å²) >= 11 is 0. The molecular weight excluding hydrogens is 180 g/mol. The van der Waals surface area contributed by atoms with E-state index >= 15 is 0 Å². The van der Waals surface area contributed by atoms with Gasteiger partial charge in [0, 0.05) is 7.11 Å². The molecule has 3 nitrogen and oxygen atoms in total. The first-order chi connectivity index (χ1) is 6.86. The smallest absolute Gasteiger partial charge is 0.157 e. The molecule has 1 aromatic carbocycles. The molecule has 0 aliphatic rings. The van der Waals surface area contributed by atoms with E-state index in [1.165, 1.54) is 5.56 Å². The van der Waals surface area contributed by atoms with E-state index in [2.05, 4.69) is 0 Å². The van der Waals surface area contributed by atoms with E-state index in [1.54, 1.807) is 7.11 Å². The van der Waals surface area contributed by atoms with Gasteiger partial charge in [-0.05, 0) is 24.1 Å². The van der Waals surface area contributed by atoms with Crippen molar-refractivity contribution in [3.05, 3.63) is 29.8 Å². The van der Waals surface area contributed by atoms with Gasteiger partial charge in [-0.15, -0.1) is 0 Å². The summed E-state index contributed by atoms with van der Waals surface area (Å²) in [7, 11) is 1.68. The fourth-order valence-electron chi connectivity index (χ4n) is 1.10. The van der Waals surface area contributed by atoms with Gasteiger partial charge in [-0.2, -0.15) is 0 Å². The molecule has 0 bridgehead atoms. The third-order valence-corrected chi connectivity index (χ3v) is 1.84. The highest BCUT2D eigenvalue weighted by atomic mass is 16.5. The molecule has 0 saturated heterocycles. The van der Waals surface area contributed by atoms with Gasteiger partial charge in [-0.3, -0.25) is 4.79 Å². The zero-order valence-electron chi connectivity index (χ0n) is 8.23. The predicted octanol–water partition coefficient (Wildman–Crippen LogP) is 1.45. The van der Waals surface area contributed by atoms with Crippen LogP contribution in [0.1, 0.15) is 5.56 Å². The molecule has 0 aliphatic carbocycles. The average Bonchev–Trinajstić information content (AvgIpc) is 2.25. The summed E-state index contributed by atoms with van der Waals surface area (Å²) in [6, 6.07) is 7.65. The van der Waals surface area contributed by atoms with Crippen LogP contribution in [0.4, 0.5) is 0 Å². The minimum absolute atomic E-state index is 0.109. The van der Waals surface area contributed by atoms with Gasteiger partial charge in [-0.1, -0.05) is 12.1 Å². The molecule has 0 saturated carbocycles. The third-order valence-electron chi connectivity index (χ3n) is 1.84. The zero-order valence-corrected chi connectivity index (χ0v) is 8.23. The van der Waals surface area contributed by atoms with Crippen molar-refractivity contribution in [2.24, 2.45) is 0 Å². The van der Waals surface area contributed by atoms with E-state index in [0.717, 1.165) is 18.5 Å². The van der Waals surface area contributed by atoms with Crippen molar-refractivity contribution < 1.29 is 14.3 Å². The molecule has 0 aromatic heterocycles. The predicted molar refractivity (Wildman–Crippen MR) is 53.6 cm³/mol. The first-order valence-electron chi connectivity index (χ1n) is 4.51. The molecule has 0 amide bonds. The lowest BCUT2D eigenvalue weighted by Crippen LogP contribution is -1.98. The molecule has 0 radical (unpaired) electrons. The number of carbonyl (C=O) groups excluding carboxylic acids is 1. The monoisotopic (exact) mass is 194 g/mol. The molecule has 14 heavy (non-hydrogen) atoms. The standard InChI is InChI=1S/C11H14O3/c1-13-8-6-10-2-4-11(5-3-10)14-9-7-12/h2-5,7H,6,8-9H2,1H3. The van der Waals surface area contributed by atoms with Crippen LogP contribution in [0.15, 0.2) is 24.3 Å². The first-order valence-corrected chi connectivity index (χ1v) is 4.51. The number of hydrogen-bond acceptors (Lipinski definition) is 3. The van der Waals surface area contributed by atoms with Crippen LogP contribution in [-0.2, 0) is 16.0 Å². The van der Waals surface area contributed by atoms with E-state index < -0.39 is 0 Å². The highest BCUT2D eigenvalue weighted by molar-refractivity contribution is 5.51. The van der Waals surface area contributed by atoms with Crippen molar-refractivity contribution in [3.8, 4) is 5.75 Å². The van der Waals surface area contributed by atoms with Gasteiger partial charge in [0.05, 0.1) is 6.61 Å². The van der Waals surface area contributed by atoms with Crippen LogP contribution in [0.3, 0.4) is 0 Å². The third kappa shape index (κ3) is 3.58. The summed E-state index contributed by atoms with van der Waals surface area (Å²) in [6.07, 6.45) is 1.63. The quantitative estimate of drug-likeness (QED) is 0.643. The summed E-state index contributed by atoms with van der Waals surface area (Å²) in [5.41, 5.74) is 1.20. The highest BCUT2D eigenvalue weighted by Gasteiger charge is 1.94. The van der Waals surface area contributed by atoms with Gasteiger partial charge >= 0.3 is 0 Å². The molecule has 76 valence electrons. The van der Waals surface area contributed by atoms with Crippen LogP contribution in [0.25, 0.3) is 0 Å². The Morgan fingerprint density at radius 1 is 1.29 bits per heavy atom. The van der Waals surface area contributed by atoms with E-state index in [4.69, 9.17) is 9.47 Å². The van der Waals surface area contributed by atoms with Crippen LogP contribution in [0.5, 0.6) is 5.75 Å². The second-order valence-electron chi connectivity index (χ2n) is 2.86. The van der Waals surface area contributed by atoms with Crippen LogP contribution in [0.2, 0.25) is 0 Å². The van der Waals surface area contributed by atoms with E-state index in [1.807, 2.05) is 24.3 Å². The number of benzene rings is 1. The van der Waals surface area contributed by atoms with Crippen molar-refractivity contribution in [2.75, 3.05) is 20.3 Å². The molecule has 0 unspecified atom stereocenters. The van der Waals surface area contributed by atoms with E-state index in [-0.39, 0.29) is 6.61 Å². The number of methoxy groups -OCH3 is 1. The molecule has 1 rings (SSSR count). The maximum atomic E-state index is 10.0. The Bertz CT molecular complexity index is 266. The summed E-state index contributed by atoms with van der Waals surface area (Å²) in [6.45, 7) is 0.825. The summed E-state index contributed by atoms with van der Waals surface area (Å²) in [5.74, 6) is 0.721. The normalized spacial score (nSPS) is 9.79. The number of aldehydes is 1. The molecule has 3 heteroatoms. The summed E-state index contributed by atoms with van der Waals surface area (Å²) in [4.78, 5) is 10.0. The van der Waals surface area contributed by atoms with Crippen molar-refractivity contribution in [1.29, 1.82) is 0 Å². The molecule has 0 atom stereocenters. The van der Waals surface area contributed by atoms with E-state index in [9.17, 15) is 4.79 Å². The maximum Gasteiger partial charge on any atom is 0.157 e. The van der Waals surface area contributed by atoms with Crippen molar-refractivity contribution in [3.63, 3.8) is 0 Å². The molecule has 0 heterocycles. The summed E-state index contributed by atoms with van der Waals surface area (Å²) < 4.78 is 10.1. The van der Waals surface area contributed by atoms with Crippen LogP contribution >= 0.6 is 0 Å². The van der Waals surface area contributed by atoms with Gasteiger partial charge < -0.3 is 9.47 Å². The lowest BCUT2D eigenvalue weighted by Gasteiger charge is -2.03. The van der Waals surface area contributed by atoms with E-state index in [0.29, 0.717) is 6.61 Å². The van der Waals surface area contributed by atoms with Crippen LogP contribution in [0, 0.1) is 0 Å². The van der Waals surface area contributed by atoms with Crippen LogP contribution in [-0.4, -0.2) is 26.6 Å². The van der Waals surface area contributed by atoms with Crippen molar-refractivity contribution >= 4 is 6.29 Å². The van der Waals surface area contributed by atoms with Gasteiger partial charge in [0.15, 0.2) is 6.29 Å². The molecular formula is C11H14O3. The lowest BCUT2D eigenvalue weighted by molar-refractivity contribution is -0.109. The second-order valence-corrected chi connectivity index (χ2v) is 2.86. The minimum atomic E-state index is 0.109. The molecule has 0 spiro atoms. The Balaban J connectivity index is 2.46. The fourth-order valence-corrected chi connectivity index (χ4v) is 1.10. The highest BCUT2D eigenvalue weighted by Crippen LogP contribution is 2.12. The Kier molecular flexibility index (Phi) is 4.72. The fraction of sp³-hybridized carbons (Fsp3) is 0.364. The Labute approximate surface area is 83.6 Å². The lowest BCUT2D eigenvalue weighted by atomic mass is 10.1. The molecule has 0 aliphatic heterocycles. The molecule has 1 aromatic rings. The number of rotatable bonds is 6. The number of ether oxygens (including phenoxy) is 2. The van der Waals surface area contributed by atoms with Gasteiger partial charge in [0.2, 0.25) is 0 Å². The Hall–Kier alpha value is -1.35. The SMILES string of the molecule is COCCc1ccc(OCC=O)cc1. The van der Waals surface area contributed by atoms with Crippen molar-refractivity contribution in [2.45, 2.75) is 6.42 Å². The van der Waals surface area contributed by atoms with Crippen molar-refractivity contribution in [1.82, 2.24) is 0 Å². The van der Waals surface area contributed by atoms with Gasteiger partial charge in [-0.25, -0.2) is 0 Å². The minimum Gasteiger partial charge on any atom is -0.486 e. The number of hydrogen-bond donors (Lipinski definition) is 0. The van der Waals surface area contributed by atoms with Crippen LogP contribution < -0.4 is 4.74 Å². The largest absolute Gasteiger partial charge is 0.486 e. The first kappa shape index (κ1) is 10.7.